The predicted molar refractivity (Wildman–Crippen MR) is 96.5 cm³/mol. The highest BCUT2D eigenvalue weighted by molar-refractivity contribution is 5.91. The smallest absolute Gasteiger partial charge is 0.322 e. The molecule has 0 saturated carbocycles. The summed E-state index contributed by atoms with van der Waals surface area (Å²) < 4.78 is 5.54. The van der Waals surface area contributed by atoms with Crippen LogP contribution in [0.25, 0.3) is 0 Å². The minimum Gasteiger partial charge on any atom is -0.380 e. The summed E-state index contributed by atoms with van der Waals surface area (Å²) >= 11 is 0. The average molecular weight is 331 g/mol. The Morgan fingerprint density at radius 3 is 2.54 bits per heavy atom. The molecule has 2 aliphatic rings. The summed E-state index contributed by atoms with van der Waals surface area (Å²) in [5, 5.41) is 3.13. The molecular formula is C19H29N3O2. The number of nitrogens with one attached hydrogen (secondary N) is 1. The standard InChI is InChI=1S/C19H29N3O2/c1-14-7-6-8-15(2)18(14)20-19(23)22-13-17(24-3)11-16(22)12-21-9-4-5-10-21/h6-8,16-17H,4-5,9-13H2,1-3H3,(H,20,23)/t16-,17-/m0/s1. The second kappa shape index (κ2) is 7.53. The van der Waals surface area contributed by atoms with E-state index in [9.17, 15) is 4.79 Å². The first-order valence-corrected chi connectivity index (χ1v) is 8.97. The van der Waals surface area contributed by atoms with Crippen molar-refractivity contribution >= 4 is 11.7 Å². The number of rotatable bonds is 4. The molecule has 5 nitrogen and oxygen atoms in total. The highest BCUT2D eigenvalue weighted by Crippen LogP contribution is 2.25. The molecule has 132 valence electrons. The van der Waals surface area contributed by atoms with Crippen molar-refractivity contribution < 1.29 is 9.53 Å². The molecule has 2 atom stereocenters. The number of hydrogen-bond donors (Lipinski definition) is 1. The van der Waals surface area contributed by atoms with Gasteiger partial charge in [0.05, 0.1) is 6.10 Å². The van der Waals surface area contributed by atoms with E-state index in [1.165, 1.54) is 12.8 Å². The molecule has 0 spiro atoms. The summed E-state index contributed by atoms with van der Waals surface area (Å²) in [5.74, 6) is 0. The zero-order valence-electron chi connectivity index (χ0n) is 15.0. The number of nitrogens with zero attached hydrogens (tertiary/aromatic N) is 2. The van der Waals surface area contributed by atoms with Gasteiger partial charge in [-0.3, -0.25) is 0 Å². The average Bonchev–Trinajstić information content (AvgIpc) is 3.21. The van der Waals surface area contributed by atoms with Crippen molar-refractivity contribution in [3.05, 3.63) is 29.3 Å². The number of para-hydroxylation sites is 1. The second-order valence-corrected chi connectivity index (χ2v) is 7.10. The van der Waals surface area contributed by atoms with Crippen molar-refractivity contribution in [3.8, 4) is 0 Å². The normalized spacial score (nSPS) is 24.5. The number of amides is 2. The molecule has 2 fully saturated rings. The number of likely N-dealkylation sites (tertiary alicyclic amines) is 2. The van der Waals surface area contributed by atoms with E-state index in [1.807, 2.05) is 36.9 Å². The first kappa shape index (κ1) is 17.2. The van der Waals surface area contributed by atoms with E-state index in [1.54, 1.807) is 7.11 Å². The topological polar surface area (TPSA) is 44.8 Å². The van der Waals surface area contributed by atoms with Crippen LogP contribution in [-0.4, -0.2) is 61.3 Å². The van der Waals surface area contributed by atoms with Crippen molar-refractivity contribution in [1.82, 2.24) is 9.80 Å². The fourth-order valence-corrected chi connectivity index (χ4v) is 3.92. The summed E-state index contributed by atoms with van der Waals surface area (Å²) in [6, 6.07) is 6.32. The van der Waals surface area contributed by atoms with E-state index in [0.717, 1.165) is 42.9 Å². The Bertz CT molecular complexity index is 564. The predicted octanol–water partition coefficient (Wildman–Crippen LogP) is 3.02. The van der Waals surface area contributed by atoms with Crippen LogP contribution in [-0.2, 0) is 4.74 Å². The third-order valence-corrected chi connectivity index (χ3v) is 5.35. The lowest BCUT2D eigenvalue weighted by atomic mass is 10.1. The summed E-state index contributed by atoms with van der Waals surface area (Å²) in [4.78, 5) is 17.4. The molecule has 1 N–H and O–H groups in total. The summed E-state index contributed by atoms with van der Waals surface area (Å²) in [6.07, 6.45) is 3.61. The van der Waals surface area contributed by atoms with Gasteiger partial charge in [-0.25, -0.2) is 4.79 Å². The van der Waals surface area contributed by atoms with Gasteiger partial charge in [-0.15, -0.1) is 0 Å². The number of aryl methyl sites for hydroxylation is 2. The quantitative estimate of drug-likeness (QED) is 0.922. The van der Waals surface area contributed by atoms with Gasteiger partial charge in [0.1, 0.15) is 0 Å². The monoisotopic (exact) mass is 331 g/mol. The molecule has 2 saturated heterocycles. The molecule has 2 aliphatic heterocycles. The van der Waals surface area contributed by atoms with Gasteiger partial charge in [0.25, 0.3) is 0 Å². The number of carbonyl (C=O) groups excluding carboxylic acids is 1. The van der Waals surface area contributed by atoms with Gasteiger partial charge in [0, 0.05) is 31.9 Å². The summed E-state index contributed by atoms with van der Waals surface area (Å²) in [5.41, 5.74) is 3.13. The second-order valence-electron chi connectivity index (χ2n) is 7.10. The summed E-state index contributed by atoms with van der Waals surface area (Å²) in [6.45, 7) is 8.01. The van der Waals surface area contributed by atoms with Crippen molar-refractivity contribution in [3.63, 3.8) is 0 Å². The van der Waals surface area contributed by atoms with Crippen LogP contribution in [0.3, 0.4) is 0 Å². The first-order valence-electron chi connectivity index (χ1n) is 8.97. The fourth-order valence-electron chi connectivity index (χ4n) is 3.92. The lowest BCUT2D eigenvalue weighted by Crippen LogP contribution is -2.44. The number of benzene rings is 1. The molecule has 5 heteroatoms. The number of anilines is 1. The van der Waals surface area contributed by atoms with E-state index < -0.39 is 0 Å². The molecule has 0 unspecified atom stereocenters. The van der Waals surface area contributed by atoms with Crippen LogP contribution in [0.2, 0.25) is 0 Å². The highest BCUT2D eigenvalue weighted by Gasteiger charge is 2.36. The van der Waals surface area contributed by atoms with Gasteiger partial charge in [0.15, 0.2) is 0 Å². The Kier molecular flexibility index (Phi) is 5.41. The van der Waals surface area contributed by atoms with E-state index in [2.05, 4.69) is 10.2 Å². The van der Waals surface area contributed by atoms with Gasteiger partial charge < -0.3 is 19.9 Å². The number of methoxy groups -OCH3 is 1. The van der Waals surface area contributed by atoms with Crippen LogP contribution in [0, 0.1) is 13.8 Å². The molecule has 1 aromatic carbocycles. The van der Waals surface area contributed by atoms with Gasteiger partial charge in [-0.2, -0.15) is 0 Å². The Morgan fingerprint density at radius 1 is 1.25 bits per heavy atom. The molecule has 0 aromatic heterocycles. The third-order valence-electron chi connectivity index (χ3n) is 5.35. The SMILES string of the molecule is CO[C@H]1C[C@@H](CN2CCCC2)N(C(=O)Nc2c(C)cccc2C)C1. The van der Waals surface area contributed by atoms with E-state index in [4.69, 9.17) is 4.74 Å². The lowest BCUT2D eigenvalue weighted by Gasteiger charge is -2.28. The van der Waals surface area contributed by atoms with E-state index in [0.29, 0.717) is 6.54 Å². The maximum absolute atomic E-state index is 12.9. The van der Waals surface area contributed by atoms with Crippen molar-refractivity contribution in [2.24, 2.45) is 0 Å². The molecule has 2 heterocycles. The van der Waals surface area contributed by atoms with Crippen molar-refractivity contribution in [2.45, 2.75) is 45.3 Å². The molecule has 3 rings (SSSR count). The molecule has 0 radical (unpaired) electrons. The number of ether oxygens (including phenoxy) is 1. The van der Waals surface area contributed by atoms with Crippen LogP contribution in [0.5, 0.6) is 0 Å². The Morgan fingerprint density at radius 2 is 1.92 bits per heavy atom. The van der Waals surface area contributed by atoms with Crippen LogP contribution >= 0.6 is 0 Å². The first-order chi connectivity index (χ1) is 11.6. The third kappa shape index (κ3) is 3.73. The molecule has 24 heavy (non-hydrogen) atoms. The fraction of sp³-hybridized carbons (Fsp3) is 0.632. The Balaban J connectivity index is 1.70. The van der Waals surface area contributed by atoms with Crippen LogP contribution in [0.1, 0.15) is 30.4 Å². The maximum Gasteiger partial charge on any atom is 0.322 e. The lowest BCUT2D eigenvalue weighted by molar-refractivity contribution is 0.111. The zero-order valence-corrected chi connectivity index (χ0v) is 15.0. The Labute approximate surface area is 145 Å². The number of hydrogen-bond acceptors (Lipinski definition) is 3. The zero-order chi connectivity index (χ0) is 17.1. The van der Waals surface area contributed by atoms with E-state index in [-0.39, 0.29) is 18.2 Å². The van der Waals surface area contributed by atoms with Gasteiger partial charge in [-0.05, 0) is 57.3 Å². The number of carbonyl (C=O) groups is 1. The number of urea groups is 1. The molecule has 2 amide bonds. The minimum atomic E-state index is -0.00357. The van der Waals surface area contributed by atoms with Crippen LogP contribution in [0.4, 0.5) is 10.5 Å². The highest BCUT2D eigenvalue weighted by atomic mass is 16.5. The molecule has 1 aromatic rings. The molecular weight excluding hydrogens is 302 g/mol. The van der Waals surface area contributed by atoms with Gasteiger partial charge >= 0.3 is 6.03 Å². The van der Waals surface area contributed by atoms with Gasteiger partial charge in [0.2, 0.25) is 0 Å². The van der Waals surface area contributed by atoms with Gasteiger partial charge in [-0.1, -0.05) is 18.2 Å². The molecule has 0 aliphatic carbocycles. The largest absolute Gasteiger partial charge is 0.380 e. The minimum absolute atomic E-state index is 0.00357. The van der Waals surface area contributed by atoms with E-state index >= 15 is 0 Å². The van der Waals surface area contributed by atoms with Crippen LogP contribution in [0.15, 0.2) is 18.2 Å². The van der Waals surface area contributed by atoms with Crippen molar-refractivity contribution in [1.29, 1.82) is 0 Å². The Hall–Kier alpha value is -1.59. The maximum atomic E-state index is 12.9. The molecule has 0 bridgehead atoms. The summed E-state index contributed by atoms with van der Waals surface area (Å²) in [7, 11) is 1.74. The van der Waals surface area contributed by atoms with Crippen LogP contribution < -0.4 is 5.32 Å². The van der Waals surface area contributed by atoms with Crippen molar-refractivity contribution in [2.75, 3.05) is 38.6 Å².